The van der Waals surface area contributed by atoms with Gasteiger partial charge < -0.3 is 5.32 Å². The smallest absolute Gasteiger partial charge is 0.0538 e. The van der Waals surface area contributed by atoms with Crippen LogP contribution in [0.3, 0.4) is 0 Å². The van der Waals surface area contributed by atoms with E-state index in [0.29, 0.717) is 0 Å². The summed E-state index contributed by atoms with van der Waals surface area (Å²) in [4.78, 5) is 4.03. The first kappa shape index (κ1) is 11.7. The molecule has 1 N–H and O–H groups in total. The number of nitrogens with zero attached hydrogens (tertiary/aromatic N) is 1. The summed E-state index contributed by atoms with van der Waals surface area (Å²) < 4.78 is 11.7. The van der Waals surface area contributed by atoms with E-state index in [1.165, 1.54) is 0 Å². The molecule has 1 unspecified atom stereocenters. The van der Waals surface area contributed by atoms with Crippen LogP contribution in [0.2, 0.25) is 0 Å². The van der Waals surface area contributed by atoms with E-state index >= 15 is 0 Å². The molecule has 0 spiro atoms. The van der Waals surface area contributed by atoms with Gasteiger partial charge in [0.15, 0.2) is 0 Å². The van der Waals surface area contributed by atoms with E-state index in [2.05, 4.69) is 26.2 Å². The van der Waals surface area contributed by atoms with E-state index in [-0.39, 0.29) is 0 Å². The van der Waals surface area contributed by atoms with Gasteiger partial charge >= 0.3 is 0 Å². The Hall–Kier alpha value is -0.420. The van der Waals surface area contributed by atoms with Crippen molar-refractivity contribution in [1.82, 2.24) is 4.98 Å². The zero-order valence-electron chi connectivity index (χ0n) is 8.00. The third-order valence-electron chi connectivity index (χ3n) is 1.64. The highest BCUT2D eigenvalue weighted by molar-refractivity contribution is 9.10. The fourth-order valence-corrected chi connectivity index (χ4v) is 1.93. The van der Waals surface area contributed by atoms with Gasteiger partial charge in [-0.05, 0) is 28.4 Å². The van der Waals surface area contributed by atoms with Crippen LogP contribution in [0.4, 0.5) is 5.69 Å². The zero-order chi connectivity index (χ0) is 10.4. The molecular weight excluding hydrogens is 264 g/mol. The van der Waals surface area contributed by atoms with Crippen LogP contribution in [0.25, 0.3) is 0 Å². The summed E-state index contributed by atoms with van der Waals surface area (Å²) in [6.45, 7) is 0.831. The number of pyridine rings is 1. The lowest BCUT2D eigenvalue weighted by molar-refractivity contribution is 0.685. The highest BCUT2D eigenvalue weighted by Crippen LogP contribution is 2.13. The second-order valence-corrected chi connectivity index (χ2v) is 5.42. The van der Waals surface area contributed by atoms with Crippen molar-refractivity contribution in [3.05, 3.63) is 22.9 Å². The molecule has 0 radical (unpaired) electrons. The SMILES string of the molecule is CS(=O)CCCNc1cncc(Br)c1. The Labute approximate surface area is 94.9 Å². The van der Waals surface area contributed by atoms with Gasteiger partial charge in [-0.15, -0.1) is 0 Å². The summed E-state index contributed by atoms with van der Waals surface area (Å²) in [5, 5.41) is 3.21. The van der Waals surface area contributed by atoms with E-state index in [0.717, 1.165) is 28.9 Å². The van der Waals surface area contributed by atoms with Gasteiger partial charge in [0.25, 0.3) is 0 Å². The van der Waals surface area contributed by atoms with Crippen LogP contribution in [0, 0.1) is 0 Å². The molecule has 3 nitrogen and oxygen atoms in total. The van der Waals surface area contributed by atoms with Crippen molar-refractivity contribution in [3.63, 3.8) is 0 Å². The molecule has 0 fully saturated rings. The van der Waals surface area contributed by atoms with Gasteiger partial charge in [0.1, 0.15) is 0 Å². The Balaban J connectivity index is 2.28. The number of aromatic nitrogens is 1. The summed E-state index contributed by atoms with van der Waals surface area (Å²) in [7, 11) is -0.693. The predicted molar refractivity (Wildman–Crippen MR) is 64.0 cm³/mol. The predicted octanol–water partition coefficient (Wildman–Crippen LogP) is 2.02. The molecular formula is C9H13BrN2OS. The molecule has 0 bridgehead atoms. The average molecular weight is 277 g/mol. The number of anilines is 1. The largest absolute Gasteiger partial charge is 0.384 e. The molecule has 0 amide bonds. The average Bonchev–Trinajstić information content (AvgIpc) is 2.12. The molecule has 0 saturated carbocycles. The highest BCUT2D eigenvalue weighted by atomic mass is 79.9. The lowest BCUT2D eigenvalue weighted by atomic mass is 10.4. The van der Waals surface area contributed by atoms with Crippen molar-refractivity contribution in [3.8, 4) is 0 Å². The van der Waals surface area contributed by atoms with Crippen LogP contribution >= 0.6 is 15.9 Å². The monoisotopic (exact) mass is 276 g/mol. The van der Waals surface area contributed by atoms with E-state index in [9.17, 15) is 4.21 Å². The first-order chi connectivity index (χ1) is 6.68. The maximum Gasteiger partial charge on any atom is 0.0538 e. The van der Waals surface area contributed by atoms with E-state index < -0.39 is 10.8 Å². The molecule has 14 heavy (non-hydrogen) atoms. The summed E-state index contributed by atoms with van der Waals surface area (Å²) in [6.07, 6.45) is 6.15. The fourth-order valence-electron chi connectivity index (χ4n) is 1.02. The van der Waals surface area contributed by atoms with Gasteiger partial charge in [0.05, 0.1) is 11.9 Å². The number of hydrogen-bond acceptors (Lipinski definition) is 3. The first-order valence-electron chi connectivity index (χ1n) is 4.33. The van der Waals surface area contributed by atoms with Gasteiger partial charge in [-0.2, -0.15) is 0 Å². The molecule has 5 heteroatoms. The Bertz CT molecular complexity index is 319. The Morgan fingerprint density at radius 1 is 1.57 bits per heavy atom. The van der Waals surface area contributed by atoms with Crippen molar-refractivity contribution in [2.75, 3.05) is 23.9 Å². The highest BCUT2D eigenvalue weighted by Gasteiger charge is 1.94. The van der Waals surface area contributed by atoms with Crippen LogP contribution < -0.4 is 5.32 Å². The van der Waals surface area contributed by atoms with Crippen LogP contribution in [-0.4, -0.2) is 27.7 Å². The fraction of sp³-hybridized carbons (Fsp3) is 0.444. The maximum absolute atomic E-state index is 10.8. The van der Waals surface area contributed by atoms with E-state index in [1.54, 1.807) is 18.6 Å². The molecule has 0 aromatic carbocycles. The summed E-state index contributed by atoms with van der Waals surface area (Å²) >= 11 is 3.34. The molecule has 1 heterocycles. The Morgan fingerprint density at radius 3 is 3.00 bits per heavy atom. The van der Waals surface area contributed by atoms with E-state index in [4.69, 9.17) is 0 Å². The minimum atomic E-state index is -0.693. The van der Waals surface area contributed by atoms with Crippen LogP contribution in [0.1, 0.15) is 6.42 Å². The second kappa shape index (κ2) is 6.14. The van der Waals surface area contributed by atoms with Crippen LogP contribution in [-0.2, 0) is 10.8 Å². The number of rotatable bonds is 5. The molecule has 0 saturated heterocycles. The van der Waals surface area contributed by atoms with Crippen LogP contribution in [0.15, 0.2) is 22.9 Å². The minimum Gasteiger partial charge on any atom is -0.384 e. The Morgan fingerprint density at radius 2 is 2.36 bits per heavy atom. The molecule has 1 aromatic rings. The second-order valence-electron chi connectivity index (χ2n) is 2.95. The molecule has 1 rings (SSSR count). The first-order valence-corrected chi connectivity index (χ1v) is 6.85. The summed E-state index contributed by atoms with van der Waals surface area (Å²) in [6, 6.07) is 1.97. The Kier molecular flexibility index (Phi) is 5.11. The van der Waals surface area contributed by atoms with Crippen molar-refractivity contribution < 1.29 is 4.21 Å². The van der Waals surface area contributed by atoms with Gasteiger partial charge in [-0.3, -0.25) is 9.19 Å². The lowest BCUT2D eigenvalue weighted by Gasteiger charge is -2.04. The molecule has 1 atom stereocenters. The normalized spacial score (nSPS) is 12.4. The standard InChI is InChI=1S/C9H13BrN2OS/c1-14(13)4-2-3-12-9-5-8(10)6-11-7-9/h5-7,12H,2-4H2,1H3. The van der Waals surface area contributed by atoms with Gasteiger partial charge in [-0.1, -0.05) is 0 Å². The van der Waals surface area contributed by atoms with E-state index in [1.807, 2.05) is 6.07 Å². The molecule has 1 aromatic heterocycles. The number of halogens is 1. The molecule has 0 aliphatic rings. The molecule has 78 valence electrons. The zero-order valence-corrected chi connectivity index (χ0v) is 10.4. The van der Waals surface area contributed by atoms with Gasteiger partial charge in [-0.25, -0.2) is 0 Å². The third-order valence-corrected chi connectivity index (χ3v) is 2.94. The lowest BCUT2D eigenvalue weighted by Crippen LogP contribution is -2.06. The van der Waals surface area contributed by atoms with Gasteiger partial charge in [0.2, 0.25) is 0 Å². The van der Waals surface area contributed by atoms with Crippen molar-refractivity contribution >= 4 is 32.4 Å². The van der Waals surface area contributed by atoms with Gasteiger partial charge in [0, 0.05) is 40.0 Å². The number of hydrogen-bond donors (Lipinski definition) is 1. The quantitative estimate of drug-likeness (QED) is 0.837. The molecule has 0 aliphatic carbocycles. The minimum absolute atomic E-state index is 0.693. The number of nitrogens with one attached hydrogen (secondary N) is 1. The maximum atomic E-state index is 10.8. The topological polar surface area (TPSA) is 42.0 Å². The van der Waals surface area contributed by atoms with Crippen LogP contribution in [0.5, 0.6) is 0 Å². The van der Waals surface area contributed by atoms with Crippen molar-refractivity contribution in [1.29, 1.82) is 0 Å². The summed E-state index contributed by atoms with van der Waals surface area (Å²) in [5.41, 5.74) is 0.987. The molecule has 0 aliphatic heterocycles. The third kappa shape index (κ3) is 4.72. The van der Waals surface area contributed by atoms with Crippen molar-refractivity contribution in [2.45, 2.75) is 6.42 Å². The summed E-state index contributed by atoms with van der Waals surface area (Å²) in [5.74, 6) is 0.744. The van der Waals surface area contributed by atoms with Crippen molar-refractivity contribution in [2.24, 2.45) is 0 Å².